The van der Waals surface area contributed by atoms with Crippen LogP contribution in [0.4, 0.5) is 18.9 Å². The highest BCUT2D eigenvalue weighted by Crippen LogP contribution is 2.45. The highest BCUT2D eigenvalue weighted by molar-refractivity contribution is 7.16. The highest BCUT2D eigenvalue weighted by atomic mass is 32.1. The van der Waals surface area contributed by atoms with Gasteiger partial charge in [-0.3, -0.25) is 0 Å². The van der Waals surface area contributed by atoms with Gasteiger partial charge in [-0.25, -0.2) is 0 Å². The molecule has 0 radical (unpaired) electrons. The second kappa shape index (κ2) is 6.73. The van der Waals surface area contributed by atoms with Gasteiger partial charge >= 0.3 is 6.18 Å². The van der Waals surface area contributed by atoms with Crippen molar-refractivity contribution in [2.24, 2.45) is 0 Å². The van der Waals surface area contributed by atoms with Crippen molar-refractivity contribution < 1.29 is 17.7 Å². The lowest BCUT2D eigenvalue weighted by Gasteiger charge is -2.07. The molecule has 1 aliphatic rings. The normalized spacial score (nSPS) is 13.3. The zero-order valence-corrected chi connectivity index (χ0v) is 15.8. The molecule has 0 spiro atoms. The van der Waals surface area contributed by atoms with Crippen molar-refractivity contribution in [2.75, 3.05) is 11.9 Å². The lowest BCUT2D eigenvalue weighted by molar-refractivity contribution is -0.133. The van der Waals surface area contributed by atoms with Crippen molar-refractivity contribution in [1.29, 1.82) is 0 Å². The first-order chi connectivity index (χ1) is 14.0. The van der Waals surface area contributed by atoms with E-state index in [1.54, 1.807) is 30.3 Å². The molecule has 1 aliphatic heterocycles. The molecule has 0 amide bonds. The maximum absolute atomic E-state index is 13.6. The fourth-order valence-corrected chi connectivity index (χ4v) is 4.39. The average Bonchev–Trinajstić information content (AvgIpc) is 3.45. The van der Waals surface area contributed by atoms with Crippen molar-refractivity contribution in [1.82, 2.24) is 10.1 Å². The predicted octanol–water partition coefficient (Wildman–Crippen LogP) is 6.12. The van der Waals surface area contributed by atoms with Gasteiger partial charge in [0, 0.05) is 23.4 Å². The summed E-state index contributed by atoms with van der Waals surface area (Å²) in [7, 11) is 0. The van der Waals surface area contributed by atoms with E-state index in [0.29, 0.717) is 22.7 Å². The minimum absolute atomic E-state index is 0.0799. The Bertz CT molecular complexity index is 1180. The van der Waals surface area contributed by atoms with E-state index in [-0.39, 0.29) is 16.3 Å². The van der Waals surface area contributed by atoms with Crippen LogP contribution in [0.3, 0.4) is 0 Å². The van der Waals surface area contributed by atoms with E-state index in [2.05, 4.69) is 15.5 Å². The van der Waals surface area contributed by atoms with Crippen molar-refractivity contribution in [3.63, 3.8) is 0 Å². The number of fused-ring (bicyclic) bond motifs is 1. The molecule has 0 aliphatic carbocycles. The Hall–Kier alpha value is -3.13. The van der Waals surface area contributed by atoms with Crippen LogP contribution >= 0.6 is 11.3 Å². The summed E-state index contributed by atoms with van der Waals surface area (Å²) in [5.74, 6) is 0.439. The van der Waals surface area contributed by atoms with Gasteiger partial charge in [-0.05, 0) is 41.8 Å². The Labute approximate surface area is 168 Å². The van der Waals surface area contributed by atoms with Gasteiger partial charge in [-0.1, -0.05) is 35.5 Å². The summed E-state index contributed by atoms with van der Waals surface area (Å²) in [6.45, 7) is 0.883. The molecule has 4 aromatic rings. The number of nitrogens with zero attached hydrogens (tertiary/aromatic N) is 2. The van der Waals surface area contributed by atoms with E-state index in [0.717, 1.165) is 29.8 Å². The summed E-state index contributed by atoms with van der Waals surface area (Å²) in [6.07, 6.45) is -3.56. The number of thiophene rings is 1. The minimum atomic E-state index is -4.47. The summed E-state index contributed by atoms with van der Waals surface area (Å²) in [4.78, 5) is 3.96. The van der Waals surface area contributed by atoms with E-state index in [9.17, 15) is 13.2 Å². The Kier molecular flexibility index (Phi) is 4.16. The van der Waals surface area contributed by atoms with Crippen LogP contribution in [0, 0.1) is 0 Å². The van der Waals surface area contributed by atoms with Crippen LogP contribution in [0.1, 0.15) is 10.4 Å². The van der Waals surface area contributed by atoms with Gasteiger partial charge in [0.25, 0.3) is 5.89 Å². The Morgan fingerprint density at radius 2 is 1.83 bits per heavy atom. The molecule has 0 saturated carbocycles. The topological polar surface area (TPSA) is 51.0 Å². The Morgan fingerprint density at radius 3 is 2.62 bits per heavy atom. The molecule has 0 saturated heterocycles. The fourth-order valence-electron chi connectivity index (χ4n) is 3.42. The second-order valence-corrected chi connectivity index (χ2v) is 7.74. The lowest BCUT2D eigenvalue weighted by Crippen LogP contribution is -2.03. The van der Waals surface area contributed by atoms with Crippen LogP contribution in [-0.4, -0.2) is 16.7 Å². The second-order valence-electron chi connectivity index (χ2n) is 6.69. The highest BCUT2D eigenvalue weighted by Gasteiger charge is 2.37. The van der Waals surface area contributed by atoms with E-state index >= 15 is 0 Å². The molecule has 2 aromatic heterocycles. The van der Waals surface area contributed by atoms with Gasteiger partial charge in [0.05, 0.1) is 4.88 Å². The molecule has 2 aromatic carbocycles. The third kappa shape index (κ3) is 3.29. The Morgan fingerprint density at radius 1 is 1.00 bits per heavy atom. The molecule has 29 heavy (non-hydrogen) atoms. The van der Waals surface area contributed by atoms with Crippen LogP contribution < -0.4 is 5.32 Å². The van der Waals surface area contributed by atoms with Crippen molar-refractivity contribution in [3.8, 4) is 33.3 Å². The van der Waals surface area contributed by atoms with Crippen LogP contribution in [0.5, 0.6) is 0 Å². The van der Waals surface area contributed by atoms with Gasteiger partial charge in [0.15, 0.2) is 0 Å². The van der Waals surface area contributed by atoms with E-state index in [4.69, 9.17) is 4.52 Å². The standard InChI is InChI=1S/C21H14F3N3OS/c22-21(23,24)18-15(12-4-2-1-3-5-12)11-17(29-18)20-26-19(27-28-20)14-6-7-16-13(10-14)8-9-25-16/h1-7,10-11,25H,8-9H2. The van der Waals surface area contributed by atoms with Gasteiger partial charge in [-0.15, -0.1) is 11.3 Å². The fraction of sp³-hybridized carbons (Fsp3) is 0.143. The van der Waals surface area contributed by atoms with Crippen molar-refractivity contribution in [3.05, 3.63) is 65.0 Å². The first kappa shape index (κ1) is 17.9. The average molecular weight is 413 g/mol. The third-order valence-corrected chi connectivity index (χ3v) is 5.95. The minimum Gasteiger partial charge on any atom is -0.384 e. The number of aromatic nitrogens is 2. The summed E-state index contributed by atoms with van der Waals surface area (Å²) >= 11 is 0.612. The first-order valence-corrected chi connectivity index (χ1v) is 9.78. The molecular formula is C21H14F3N3OS. The van der Waals surface area contributed by atoms with E-state index in [1.807, 2.05) is 18.2 Å². The number of benzene rings is 2. The molecule has 0 atom stereocenters. The van der Waals surface area contributed by atoms with Crippen molar-refractivity contribution in [2.45, 2.75) is 12.6 Å². The summed E-state index contributed by atoms with van der Waals surface area (Å²) in [5, 5.41) is 7.26. The molecule has 4 nitrogen and oxygen atoms in total. The SMILES string of the molecule is FC(F)(F)c1sc(-c2nc(-c3ccc4c(c3)CCN4)no2)cc1-c1ccccc1. The monoisotopic (exact) mass is 413 g/mol. The zero-order valence-electron chi connectivity index (χ0n) is 15.0. The predicted molar refractivity (Wildman–Crippen MR) is 106 cm³/mol. The quantitative estimate of drug-likeness (QED) is 0.440. The van der Waals surface area contributed by atoms with E-state index < -0.39 is 11.1 Å². The largest absolute Gasteiger partial charge is 0.426 e. The molecule has 8 heteroatoms. The van der Waals surface area contributed by atoms with Crippen LogP contribution in [0.2, 0.25) is 0 Å². The molecule has 3 heterocycles. The number of halogens is 3. The zero-order chi connectivity index (χ0) is 20.0. The van der Waals surface area contributed by atoms with Crippen LogP contribution in [0.15, 0.2) is 59.1 Å². The molecule has 0 bridgehead atoms. The van der Waals surface area contributed by atoms with Gasteiger partial charge in [-0.2, -0.15) is 18.2 Å². The molecule has 0 fully saturated rings. The number of alkyl halides is 3. The number of anilines is 1. The van der Waals surface area contributed by atoms with Crippen molar-refractivity contribution >= 4 is 17.0 Å². The van der Waals surface area contributed by atoms with E-state index in [1.165, 1.54) is 6.07 Å². The molecule has 1 N–H and O–H groups in total. The smallest absolute Gasteiger partial charge is 0.384 e. The summed E-state index contributed by atoms with van der Waals surface area (Å²) in [5.41, 5.74) is 3.63. The van der Waals surface area contributed by atoms with Gasteiger partial charge < -0.3 is 9.84 Å². The molecule has 5 rings (SSSR count). The number of hydrogen-bond donors (Lipinski definition) is 1. The third-order valence-electron chi connectivity index (χ3n) is 4.78. The maximum Gasteiger partial charge on any atom is 0.426 e. The number of rotatable bonds is 3. The first-order valence-electron chi connectivity index (χ1n) is 8.97. The van der Waals surface area contributed by atoms with Crippen LogP contribution in [-0.2, 0) is 12.6 Å². The summed E-state index contributed by atoms with van der Waals surface area (Å²) < 4.78 is 46.1. The Balaban J connectivity index is 1.55. The number of hydrogen-bond acceptors (Lipinski definition) is 5. The van der Waals surface area contributed by atoms with Crippen LogP contribution in [0.25, 0.3) is 33.3 Å². The van der Waals surface area contributed by atoms with Gasteiger partial charge in [0.1, 0.15) is 4.88 Å². The number of nitrogens with one attached hydrogen (secondary N) is 1. The molecular weight excluding hydrogens is 399 g/mol. The summed E-state index contributed by atoms with van der Waals surface area (Å²) in [6, 6.07) is 15.8. The molecule has 0 unspecified atom stereocenters. The van der Waals surface area contributed by atoms with Gasteiger partial charge in [0.2, 0.25) is 5.82 Å². The lowest BCUT2D eigenvalue weighted by atomic mass is 10.1. The molecule has 146 valence electrons. The maximum atomic E-state index is 13.6.